The van der Waals surface area contributed by atoms with Gasteiger partial charge in [0.2, 0.25) is 0 Å². The fourth-order valence-corrected chi connectivity index (χ4v) is 3.38. The lowest BCUT2D eigenvalue weighted by molar-refractivity contribution is -0.124. The largest absolute Gasteiger partial charge is 0.497 e. The van der Waals surface area contributed by atoms with Crippen LogP contribution >= 0.6 is 0 Å². The third-order valence-corrected chi connectivity index (χ3v) is 4.90. The van der Waals surface area contributed by atoms with Crippen LogP contribution in [0.1, 0.15) is 50.7 Å². The van der Waals surface area contributed by atoms with Crippen LogP contribution < -0.4 is 4.74 Å². The minimum atomic E-state index is -0.570. The smallest absolute Gasteiger partial charge is 0.138 e. The third-order valence-electron chi connectivity index (χ3n) is 4.90. The van der Waals surface area contributed by atoms with Crippen LogP contribution in [0.4, 0.5) is 0 Å². The van der Waals surface area contributed by atoms with Gasteiger partial charge in [0.1, 0.15) is 11.5 Å². The van der Waals surface area contributed by atoms with Crippen molar-refractivity contribution in [1.82, 2.24) is 0 Å². The number of carbonyl (C=O) groups is 1. The molecule has 4 nitrogen and oxygen atoms in total. The Bertz CT molecular complexity index is 709. The Kier molecular flexibility index (Phi) is 9.89. The number of aryl methyl sites for hydroxylation is 1. The minimum Gasteiger partial charge on any atom is -0.497 e. The van der Waals surface area contributed by atoms with Crippen LogP contribution in [-0.4, -0.2) is 30.2 Å². The Balaban J connectivity index is 1.92. The normalized spacial score (nSPS) is 13.3. The minimum absolute atomic E-state index is 0.0611. The summed E-state index contributed by atoms with van der Waals surface area (Å²) in [5, 5.41) is 10.1. The standard InChI is InChI=1S/C25H34O4/c1-19(2)15-22(26)16-23(27)17-25(14-9-20-7-5-4-6-8-20)29-18-21-10-12-24(28-3)13-11-21/h4-8,10-13,19,22,25-26H,9,14-18H2,1-3H3/t22-,25-/m1/s1. The zero-order chi connectivity index (χ0) is 21.1. The molecule has 0 fully saturated rings. The first-order valence-electron chi connectivity index (χ1n) is 10.4. The topological polar surface area (TPSA) is 55.8 Å². The first-order valence-corrected chi connectivity index (χ1v) is 10.4. The molecule has 158 valence electrons. The molecule has 0 aliphatic heterocycles. The number of carbonyl (C=O) groups excluding carboxylic acids is 1. The number of benzene rings is 2. The molecule has 29 heavy (non-hydrogen) atoms. The van der Waals surface area contributed by atoms with Gasteiger partial charge in [0.15, 0.2) is 0 Å². The molecule has 2 aromatic rings. The van der Waals surface area contributed by atoms with Crippen LogP contribution in [0, 0.1) is 5.92 Å². The summed E-state index contributed by atoms with van der Waals surface area (Å²) in [7, 11) is 1.64. The lowest BCUT2D eigenvalue weighted by Crippen LogP contribution is -2.22. The highest BCUT2D eigenvalue weighted by molar-refractivity contribution is 5.79. The fraction of sp³-hybridized carbons (Fsp3) is 0.480. The highest BCUT2D eigenvalue weighted by Crippen LogP contribution is 2.18. The number of hydrogen-bond donors (Lipinski definition) is 1. The van der Waals surface area contributed by atoms with Gasteiger partial charge in [-0.2, -0.15) is 0 Å². The van der Waals surface area contributed by atoms with Gasteiger partial charge >= 0.3 is 0 Å². The van der Waals surface area contributed by atoms with Gasteiger partial charge in [-0.1, -0.05) is 56.3 Å². The number of Topliss-reactive ketones (excluding diaryl/α,β-unsaturated/α-hetero) is 1. The molecule has 0 bridgehead atoms. The van der Waals surface area contributed by atoms with Gasteiger partial charge in [0, 0.05) is 12.8 Å². The van der Waals surface area contributed by atoms with Gasteiger partial charge in [-0.15, -0.1) is 0 Å². The number of methoxy groups -OCH3 is 1. The second-order valence-electron chi connectivity index (χ2n) is 8.04. The van der Waals surface area contributed by atoms with E-state index < -0.39 is 6.10 Å². The second kappa shape index (κ2) is 12.4. The highest BCUT2D eigenvalue weighted by atomic mass is 16.5. The van der Waals surface area contributed by atoms with Gasteiger partial charge in [0.05, 0.1) is 25.9 Å². The van der Waals surface area contributed by atoms with E-state index in [1.54, 1.807) is 7.11 Å². The van der Waals surface area contributed by atoms with Crippen molar-refractivity contribution in [2.45, 2.75) is 64.8 Å². The van der Waals surface area contributed by atoms with Gasteiger partial charge in [-0.3, -0.25) is 4.79 Å². The van der Waals surface area contributed by atoms with Crippen molar-refractivity contribution in [3.05, 3.63) is 65.7 Å². The summed E-state index contributed by atoms with van der Waals surface area (Å²) < 4.78 is 11.3. The van der Waals surface area contributed by atoms with Gasteiger partial charge in [0.25, 0.3) is 0 Å². The Morgan fingerprint density at radius 2 is 1.66 bits per heavy atom. The molecule has 0 saturated carbocycles. The Hall–Kier alpha value is -2.17. The van der Waals surface area contributed by atoms with Crippen molar-refractivity contribution in [1.29, 1.82) is 0 Å². The van der Waals surface area contributed by atoms with E-state index in [2.05, 4.69) is 12.1 Å². The summed E-state index contributed by atoms with van der Waals surface area (Å²) in [6.07, 6.45) is 2.06. The van der Waals surface area contributed by atoms with Crippen molar-refractivity contribution < 1.29 is 19.4 Å². The molecule has 0 heterocycles. The number of aliphatic hydroxyl groups excluding tert-OH is 1. The van der Waals surface area contributed by atoms with Crippen LogP contribution in [-0.2, 0) is 22.6 Å². The Morgan fingerprint density at radius 3 is 2.28 bits per heavy atom. The maximum atomic E-state index is 12.5. The number of ether oxygens (including phenoxy) is 2. The van der Waals surface area contributed by atoms with E-state index >= 15 is 0 Å². The summed E-state index contributed by atoms with van der Waals surface area (Å²) in [6, 6.07) is 18.0. The highest BCUT2D eigenvalue weighted by Gasteiger charge is 2.18. The molecule has 0 radical (unpaired) electrons. The molecule has 0 aliphatic carbocycles. The summed E-state index contributed by atoms with van der Waals surface area (Å²) >= 11 is 0. The number of rotatable bonds is 13. The molecule has 4 heteroatoms. The zero-order valence-corrected chi connectivity index (χ0v) is 17.8. The van der Waals surface area contributed by atoms with Gasteiger partial charge in [-0.05, 0) is 48.4 Å². The van der Waals surface area contributed by atoms with Crippen molar-refractivity contribution in [3.63, 3.8) is 0 Å². The molecular formula is C25H34O4. The summed E-state index contributed by atoms with van der Waals surface area (Å²) in [4.78, 5) is 12.5. The van der Waals surface area contributed by atoms with E-state index in [1.807, 2.05) is 56.3 Å². The summed E-state index contributed by atoms with van der Waals surface area (Å²) in [5.41, 5.74) is 2.28. The Morgan fingerprint density at radius 1 is 0.966 bits per heavy atom. The molecular weight excluding hydrogens is 364 g/mol. The SMILES string of the molecule is COc1ccc(CO[C@H](CCc2ccccc2)CC(=O)C[C@H](O)CC(C)C)cc1. The summed E-state index contributed by atoms with van der Waals surface area (Å²) in [5.74, 6) is 1.24. The molecule has 0 saturated heterocycles. The molecule has 1 N–H and O–H groups in total. The first kappa shape index (κ1) is 23.1. The van der Waals surface area contributed by atoms with Crippen molar-refractivity contribution in [3.8, 4) is 5.75 Å². The van der Waals surface area contributed by atoms with E-state index in [0.29, 0.717) is 25.4 Å². The molecule has 2 atom stereocenters. The zero-order valence-electron chi connectivity index (χ0n) is 17.8. The number of aliphatic hydroxyl groups is 1. The van der Waals surface area contributed by atoms with Crippen LogP contribution in [0.5, 0.6) is 5.75 Å². The van der Waals surface area contributed by atoms with Crippen LogP contribution in [0.2, 0.25) is 0 Å². The fourth-order valence-electron chi connectivity index (χ4n) is 3.38. The van der Waals surface area contributed by atoms with Crippen LogP contribution in [0.25, 0.3) is 0 Å². The predicted molar refractivity (Wildman–Crippen MR) is 116 cm³/mol. The summed E-state index contributed by atoms with van der Waals surface area (Å²) in [6.45, 7) is 4.55. The number of ketones is 1. The van der Waals surface area contributed by atoms with Crippen molar-refractivity contribution >= 4 is 5.78 Å². The van der Waals surface area contributed by atoms with E-state index in [9.17, 15) is 9.90 Å². The monoisotopic (exact) mass is 398 g/mol. The lowest BCUT2D eigenvalue weighted by Gasteiger charge is -2.19. The van der Waals surface area contributed by atoms with Gasteiger partial charge < -0.3 is 14.6 Å². The lowest BCUT2D eigenvalue weighted by atomic mass is 9.97. The maximum absolute atomic E-state index is 12.5. The maximum Gasteiger partial charge on any atom is 0.138 e. The average molecular weight is 399 g/mol. The molecule has 2 rings (SSSR count). The van der Waals surface area contributed by atoms with Crippen LogP contribution in [0.3, 0.4) is 0 Å². The van der Waals surface area contributed by atoms with Crippen molar-refractivity contribution in [2.75, 3.05) is 7.11 Å². The molecule has 0 aliphatic rings. The number of hydrogen-bond acceptors (Lipinski definition) is 4. The molecule has 0 amide bonds. The molecule has 0 aromatic heterocycles. The van der Waals surface area contributed by atoms with E-state index in [0.717, 1.165) is 24.2 Å². The molecule has 2 aromatic carbocycles. The quantitative estimate of drug-likeness (QED) is 0.518. The molecule has 0 unspecified atom stereocenters. The Labute approximate surface area is 174 Å². The van der Waals surface area contributed by atoms with Crippen molar-refractivity contribution in [2.24, 2.45) is 5.92 Å². The third kappa shape index (κ3) is 9.25. The molecule has 0 spiro atoms. The predicted octanol–water partition coefficient (Wildman–Crippen LogP) is 4.97. The van der Waals surface area contributed by atoms with E-state index in [4.69, 9.17) is 9.47 Å². The first-order chi connectivity index (χ1) is 14.0. The van der Waals surface area contributed by atoms with E-state index in [1.165, 1.54) is 5.56 Å². The van der Waals surface area contributed by atoms with E-state index in [-0.39, 0.29) is 18.3 Å². The van der Waals surface area contributed by atoms with Gasteiger partial charge in [-0.25, -0.2) is 0 Å². The van der Waals surface area contributed by atoms with Crippen LogP contribution in [0.15, 0.2) is 54.6 Å². The average Bonchev–Trinajstić information content (AvgIpc) is 2.70. The second-order valence-corrected chi connectivity index (χ2v) is 8.04.